The van der Waals surface area contributed by atoms with Gasteiger partial charge in [-0.3, -0.25) is 4.79 Å². The Hall–Kier alpha value is -3.49. The molecule has 0 aliphatic carbocycles. The van der Waals surface area contributed by atoms with Crippen LogP contribution in [0.4, 0.5) is 10.2 Å². The third-order valence-electron chi connectivity index (χ3n) is 5.60. The lowest BCUT2D eigenvalue weighted by Gasteiger charge is -2.31. The summed E-state index contributed by atoms with van der Waals surface area (Å²) in [6.07, 6.45) is 4.75. The van der Waals surface area contributed by atoms with Crippen LogP contribution in [0.1, 0.15) is 47.1 Å². The first-order chi connectivity index (χ1) is 15.0. The van der Waals surface area contributed by atoms with Gasteiger partial charge in [-0.1, -0.05) is 20.8 Å². The molecule has 0 bridgehead atoms. The minimum Gasteiger partial charge on any atom is -0.481 e. The molecule has 0 spiro atoms. The Balaban J connectivity index is 1.92. The molecule has 0 aliphatic rings. The van der Waals surface area contributed by atoms with Crippen LogP contribution in [0.2, 0.25) is 0 Å². The number of nitrogens with one attached hydrogen (secondary N) is 2. The highest BCUT2D eigenvalue weighted by Crippen LogP contribution is 2.33. The van der Waals surface area contributed by atoms with E-state index < -0.39 is 11.8 Å². The second-order valence-corrected chi connectivity index (χ2v) is 9.36. The molecule has 0 radical (unpaired) electrons. The molecular formula is C23H27FN6O2. The Bertz CT molecular complexity index is 1300. The maximum atomic E-state index is 13.9. The van der Waals surface area contributed by atoms with Crippen molar-refractivity contribution in [1.29, 1.82) is 0 Å². The minimum absolute atomic E-state index is 0.0581. The van der Waals surface area contributed by atoms with Crippen molar-refractivity contribution in [3.8, 4) is 11.4 Å². The monoisotopic (exact) mass is 438 g/mol. The maximum Gasteiger partial charge on any atom is 0.305 e. The lowest BCUT2D eigenvalue weighted by molar-refractivity contribution is -0.137. The van der Waals surface area contributed by atoms with Gasteiger partial charge in [-0.2, -0.15) is 0 Å². The summed E-state index contributed by atoms with van der Waals surface area (Å²) in [5.41, 5.74) is 1.55. The molecule has 8 nitrogen and oxygen atoms in total. The topological polar surface area (TPSA) is 109 Å². The van der Waals surface area contributed by atoms with Crippen LogP contribution >= 0.6 is 0 Å². The Kier molecular flexibility index (Phi) is 5.36. The molecule has 0 aromatic carbocycles. The summed E-state index contributed by atoms with van der Waals surface area (Å²) in [7, 11) is 0. The molecule has 0 fully saturated rings. The Labute approximate surface area is 184 Å². The number of halogens is 1. The van der Waals surface area contributed by atoms with Crippen molar-refractivity contribution in [2.24, 2.45) is 5.41 Å². The molecule has 168 valence electrons. The number of fused-ring (bicyclic) bond motifs is 2. The van der Waals surface area contributed by atoms with Gasteiger partial charge in [-0.25, -0.2) is 19.3 Å². The van der Waals surface area contributed by atoms with E-state index in [0.29, 0.717) is 33.9 Å². The van der Waals surface area contributed by atoms with Crippen LogP contribution in [0.25, 0.3) is 33.5 Å². The zero-order valence-electron chi connectivity index (χ0n) is 18.8. The molecule has 4 rings (SSSR count). The maximum absolute atomic E-state index is 13.9. The number of hydrogen-bond donors (Lipinski definition) is 3. The van der Waals surface area contributed by atoms with Gasteiger partial charge >= 0.3 is 5.97 Å². The number of anilines is 1. The molecule has 4 heterocycles. The standard InChI is InChI=1S/C23H27FN6O2/c1-12(2)30-7-6-14-20(27-17(9-18(31)32)23(3,4)5)28-21(29-22(14)30)16-11-26-19-15(16)8-13(24)10-25-19/h6-8,10-12,17H,9H2,1-5H3,(H,25,26)(H,31,32)(H,27,28,29). The van der Waals surface area contributed by atoms with Crippen molar-refractivity contribution >= 4 is 33.9 Å². The van der Waals surface area contributed by atoms with Gasteiger partial charge in [0, 0.05) is 35.4 Å². The molecule has 0 aliphatic heterocycles. The number of pyridine rings is 1. The molecule has 9 heteroatoms. The fraction of sp³-hybridized carbons (Fsp3) is 0.391. The van der Waals surface area contributed by atoms with Crippen LogP contribution in [0.15, 0.2) is 30.7 Å². The van der Waals surface area contributed by atoms with Crippen molar-refractivity contribution in [2.45, 2.75) is 53.1 Å². The number of carboxylic acids is 1. The fourth-order valence-electron chi connectivity index (χ4n) is 3.76. The Morgan fingerprint density at radius 1 is 1.28 bits per heavy atom. The third kappa shape index (κ3) is 4.02. The van der Waals surface area contributed by atoms with Crippen molar-refractivity contribution in [3.05, 3.63) is 36.5 Å². The number of aliphatic carboxylic acids is 1. The average molecular weight is 439 g/mol. The Morgan fingerprint density at radius 3 is 2.69 bits per heavy atom. The van der Waals surface area contributed by atoms with Gasteiger partial charge in [0.15, 0.2) is 5.82 Å². The van der Waals surface area contributed by atoms with Crippen LogP contribution < -0.4 is 5.32 Å². The molecule has 0 saturated heterocycles. The van der Waals surface area contributed by atoms with E-state index >= 15 is 0 Å². The Morgan fingerprint density at radius 2 is 2.03 bits per heavy atom. The van der Waals surface area contributed by atoms with E-state index in [-0.39, 0.29) is 23.9 Å². The number of carboxylic acid groups (broad SMARTS) is 1. The van der Waals surface area contributed by atoms with E-state index in [1.165, 1.54) is 6.07 Å². The van der Waals surface area contributed by atoms with Crippen molar-refractivity contribution in [2.75, 3.05) is 5.32 Å². The predicted molar refractivity (Wildman–Crippen MR) is 122 cm³/mol. The van der Waals surface area contributed by atoms with Crippen LogP contribution in [0.3, 0.4) is 0 Å². The van der Waals surface area contributed by atoms with E-state index in [1.54, 1.807) is 6.20 Å². The largest absolute Gasteiger partial charge is 0.481 e. The van der Waals surface area contributed by atoms with E-state index in [1.807, 2.05) is 37.6 Å². The number of hydrogen-bond acceptors (Lipinski definition) is 5. The average Bonchev–Trinajstić information content (AvgIpc) is 3.30. The molecule has 1 atom stereocenters. The molecule has 0 saturated carbocycles. The summed E-state index contributed by atoms with van der Waals surface area (Å²) in [5.74, 6) is -0.384. The smallest absolute Gasteiger partial charge is 0.305 e. The van der Waals surface area contributed by atoms with Gasteiger partial charge < -0.3 is 20.0 Å². The van der Waals surface area contributed by atoms with Gasteiger partial charge in [0.25, 0.3) is 0 Å². The second kappa shape index (κ2) is 7.89. The van der Waals surface area contributed by atoms with Crippen molar-refractivity contribution < 1.29 is 14.3 Å². The summed E-state index contributed by atoms with van der Waals surface area (Å²) < 4.78 is 15.9. The lowest BCUT2D eigenvalue weighted by atomic mass is 9.84. The van der Waals surface area contributed by atoms with Crippen LogP contribution in [-0.4, -0.2) is 41.6 Å². The van der Waals surface area contributed by atoms with E-state index in [2.05, 4.69) is 29.1 Å². The first kappa shape index (κ1) is 21.7. The van der Waals surface area contributed by atoms with Crippen LogP contribution in [0.5, 0.6) is 0 Å². The minimum atomic E-state index is -0.888. The SMILES string of the molecule is CC(C)n1ccc2c(NC(CC(=O)O)C(C)(C)C)nc(-c3c[nH]c4ncc(F)cc34)nc21. The number of H-pyrrole nitrogens is 1. The highest BCUT2D eigenvalue weighted by molar-refractivity contribution is 5.95. The number of nitrogens with zero attached hydrogens (tertiary/aromatic N) is 4. The molecule has 4 aromatic heterocycles. The number of aromatic nitrogens is 5. The van der Waals surface area contributed by atoms with Gasteiger partial charge in [-0.15, -0.1) is 0 Å². The molecule has 3 N–H and O–H groups in total. The molecule has 0 amide bonds. The molecular weight excluding hydrogens is 411 g/mol. The zero-order valence-corrected chi connectivity index (χ0v) is 18.8. The van der Waals surface area contributed by atoms with Gasteiger partial charge in [0.2, 0.25) is 0 Å². The van der Waals surface area contributed by atoms with Crippen LogP contribution in [-0.2, 0) is 4.79 Å². The molecule has 4 aromatic rings. The summed E-state index contributed by atoms with van der Waals surface area (Å²) in [6.45, 7) is 10.1. The van der Waals surface area contributed by atoms with Crippen molar-refractivity contribution in [1.82, 2.24) is 24.5 Å². The first-order valence-corrected chi connectivity index (χ1v) is 10.5. The molecule has 1 unspecified atom stereocenters. The quantitative estimate of drug-likeness (QED) is 0.391. The normalized spacial score (nSPS) is 13.2. The summed E-state index contributed by atoms with van der Waals surface area (Å²) in [5, 5.41) is 14.2. The van der Waals surface area contributed by atoms with E-state index in [9.17, 15) is 14.3 Å². The van der Waals surface area contributed by atoms with Gasteiger partial charge in [-0.05, 0) is 31.4 Å². The summed E-state index contributed by atoms with van der Waals surface area (Å²) >= 11 is 0. The molecule has 32 heavy (non-hydrogen) atoms. The second-order valence-electron chi connectivity index (χ2n) is 9.36. The van der Waals surface area contributed by atoms with Crippen molar-refractivity contribution in [3.63, 3.8) is 0 Å². The number of rotatable bonds is 6. The predicted octanol–water partition coefficient (Wildman–Crippen LogP) is 5.00. The summed E-state index contributed by atoms with van der Waals surface area (Å²) in [4.78, 5) is 28.2. The van der Waals surface area contributed by atoms with Crippen LogP contribution in [0, 0.1) is 11.2 Å². The highest BCUT2D eigenvalue weighted by atomic mass is 19.1. The summed E-state index contributed by atoms with van der Waals surface area (Å²) in [6, 6.07) is 3.12. The van der Waals surface area contributed by atoms with E-state index in [4.69, 9.17) is 9.97 Å². The third-order valence-corrected chi connectivity index (χ3v) is 5.60. The van der Waals surface area contributed by atoms with Gasteiger partial charge in [0.1, 0.15) is 22.9 Å². The van der Waals surface area contributed by atoms with E-state index in [0.717, 1.165) is 11.6 Å². The lowest BCUT2D eigenvalue weighted by Crippen LogP contribution is -2.36. The first-order valence-electron chi connectivity index (χ1n) is 10.5. The fourth-order valence-corrected chi connectivity index (χ4v) is 3.76. The van der Waals surface area contributed by atoms with Gasteiger partial charge in [0.05, 0.1) is 18.0 Å². The highest BCUT2D eigenvalue weighted by Gasteiger charge is 2.29. The number of aromatic amines is 1. The zero-order chi connectivity index (χ0) is 23.2. The number of carbonyl (C=O) groups is 1.